The van der Waals surface area contributed by atoms with E-state index in [1.807, 2.05) is 0 Å². The molecular weight excluding hydrogens is 298 g/mol. The van der Waals surface area contributed by atoms with Crippen molar-refractivity contribution >= 4 is 29.3 Å². The van der Waals surface area contributed by atoms with Gasteiger partial charge in [0.25, 0.3) is 5.91 Å². The summed E-state index contributed by atoms with van der Waals surface area (Å²) in [7, 11) is 0. The van der Waals surface area contributed by atoms with Gasteiger partial charge in [-0.25, -0.2) is 0 Å². The fourth-order valence-corrected chi connectivity index (χ4v) is 2.47. The first kappa shape index (κ1) is 13.9. The predicted octanol–water partition coefficient (Wildman–Crippen LogP) is 2.51. The first-order valence-corrected chi connectivity index (χ1v) is 6.86. The van der Waals surface area contributed by atoms with Gasteiger partial charge in [-0.1, -0.05) is 12.1 Å². The van der Waals surface area contributed by atoms with Gasteiger partial charge in [-0.2, -0.15) is 8.78 Å². The molecule has 0 aromatic heterocycles. The second kappa shape index (κ2) is 5.40. The molecule has 1 aromatic rings. The summed E-state index contributed by atoms with van der Waals surface area (Å²) in [5.74, 6) is -0.0663. The van der Waals surface area contributed by atoms with Crippen LogP contribution in [0.1, 0.15) is 18.4 Å². The van der Waals surface area contributed by atoms with Crippen molar-refractivity contribution in [3.05, 3.63) is 35.5 Å². The van der Waals surface area contributed by atoms with Crippen molar-refractivity contribution in [3.63, 3.8) is 0 Å². The monoisotopic (exact) mass is 310 g/mol. The molecule has 0 spiro atoms. The Hall–Kier alpha value is -2.02. The highest BCUT2D eigenvalue weighted by Crippen LogP contribution is 2.31. The molecule has 1 heterocycles. The van der Waals surface area contributed by atoms with Gasteiger partial charge in [0.2, 0.25) is 0 Å². The van der Waals surface area contributed by atoms with Gasteiger partial charge in [0, 0.05) is 6.04 Å². The van der Waals surface area contributed by atoms with Gasteiger partial charge < -0.3 is 10.1 Å². The van der Waals surface area contributed by atoms with E-state index >= 15 is 0 Å². The minimum atomic E-state index is -2.85. The predicted molar refractivity (Wildman–Crippen MR) is 76.7 cm³/mol. The van der Waals surface area contributed by atoms with E-state index in [0.717, 1.165) is 12.8 Å². The zero-order chi connectivity index (χ0) is 15.0. The zero-order valence-corrected chi connectivity index (χ0v) is 11.7. The minimum absolute atomic E-state index is 0.0768. The van der Waals surface area contributed by atoms with Crippen LogP contribution in [0.3, 0.4) is 0 Å². The Morgan fingerprint density at radius 2 is 2.00 bits per heavy atom. The maximum atomic E-state index is 12.2. The number of rotatable bonds is 4. The molecule has 1 amide bonds. The molecule has 1 N–H and O–H groups in total. The fourth-order valence-electron chi connectivity index (χ4n) is 2.13. The molecule has 2 aliphatic rings. The lowest BCUT2D eigenvalue weighted by Gasteiger charge is -2.11. The molecule has 2 fully saturated rings. The van der Waals surface area contributed by atoms with Crippen LogP contribution in [0.2, 0.25) is 0 Å². The normalized spacial score (nSPS) is 20.3. The van der Waals surface area contributed by atoms with E-state index in [-0.39, 0.29) is 17.7 Å². The number of benzene rings is 1. The maximum Gasteiger partial charge on any atom is 0.387 e. The highest BCUT2D eigenvalue weighted by atomic mass is 32.1. The van der Waals surface area contributed by atoms with Crippen molar-refractivity contribution in [2.24, 2.45) is 0 Å². The minimum Gasteiger partial charge on any atom is -0.435 e. The average Bonchev–Trinajstić information content (AvgIpc) is 3.20. The van der Waals surface area contributed by atoms with Crippen molar-refractivity contribution < 1.29 is 18.3 Å². The van der Waals surface area contributed by atoms with Gasteiger partial charge >= 0.3 is 6.61 Å². The molecule has 110 valence electrons. The Morgan fingerprint density at radius 3 is 2.57 bits per heavy atom. The van der Waals surface area contributed by atoms with E-state index in [1.54, 1.807) is 23.1 Å². The number of ether oxygens (including phenoxy) is 1. The topological polar surface area (TPSA) is 41.6 Å². The molecule has 7 heteroatoms. The summed E-state index contributed by atoms with van der Waals surface area (Å²) in [6.45, 7) is -2.85. The van der Waals surface area contributed by atoms with E-state index in [2.05, 4.69) is 10.1 Å². The third kappa shape index (κ3) is 3.02. The number of carbonyl (C=O) groups is 1. The second-order valence-corrected chi connectivity index (χ2v) is 5.23. The third-order valence-corrected chi connectivity index (χ3v) is 3.54. The number of halogens is 2. The number of nitrogens with one attached hydrogen (secondary N) is 1. The van der Waals surface area contributed by atoms with Crippen LogP contribution in [0.5, 0.6) is 5.75 Å². The standard InChI is InChI=1S/C14H12F2N2O2S/c15-13(16)20-10-5-1-8(2-6-10)7-11-12(19)18(9-3-4-9)14(21)17-11/h1-2,5-7,9,13H,3-4H2,(H,17,21)/b11-7+. The molecule has 0 atom stereocenters. The average molecular weight is 310 g/mol. The summed E-state index contributed by atoms with van der Waals surface area (Å²) in [6, 6.07) is 6.26. The van der Waals surface area contributed by atoms with Gasteiger partial charge in [0.15, 0.2) is 5.11 Å². The Bertz CT molecular complexity index is 612. The Morgan fingerprint density at radius 1 is 1.33 bits per heavy atom. The number of hydrogen-bond donors (Lipinski definition) is 1. The smallest absolute Gasteiger partial charge is 0.387 e. The van der Waals surface area contributed by atoms with Gasteiger partial charge in [-0.15, -0.1) is 0 Å². The van der Waals surface area contributed by atoms with Crippen molar-refractivity contribution in [1.82, 2.24) is 10.2 Å². The van der Waals surface area contributed by atoms with Gasteiger partial charge in [-0.3, -0.25) is 9.69 Å². The molecule has 0 bridgehead atoms. The SMILES string of the molecule is O=C1/C(=C\c2ccc(OC(F)F)cc2)NC(=S)N1C1CC1. The van der Waals surface area contributed by atoms with Crippen molar-refractivity contribution in [3.8, 4) is 5.75 Å². The van der Waals surface area contributed by atoms with Gasteiger partial charge in [0.05, 0.1) is 0 Å². The molecule has 4 nitrogen and oxygen atoms in total. The molecule has 1 saturated carbocycles. The van der Waals surface area contributed by atoms with E-state index in [9.17, 15) is 13.6 Å². The van der Waals surface area contributed by atoms with Crippen LogP contribution >= 0.6 is 12.2 Å². The second-order valence-electron chi connectivity index (χ2n) is 4.84. The Balaban J connectivity index is 1.75. The molecule has 0 unspecified atom stereocenters. The summed E-state index contributed by atoms with van der Waals surface area (Å²) in [5.41, 5.74) is 1.10. The summed E-state index contributed by atoms with van der Waals surface area (Å²) >= 11 is 5.15. The first-order valence-electron chi connectivity index (χ1n) is 6.46. The van der Waals surface area contributed by atoms with Crippen LogP contribution in [-0.4, -0.2) is 28.6 Å². The number of hydrogen-bond acceptors (Lipinski definition) is 3. The van der Waals surface area contributed by atoms with E-state index < -0.39 is 6.61 Å². The molecule has 3 rings (SSSR count). The maximum absolute atomic E-state index is 12.2. The van der Waals surface area contributed by atoms with Crippen LogP contribution in [-0.2, 0) is 4.79 Å². The van der Waals surface area contributed by atoms with E-state index in [4.69, 9.17) is 12.2 Å². The quantitative estimate of drug-likeness (QED) is 0.685. The highest BCUT2D eigenvalue weighted by Gasteiger charge is 2.41. The van der Waals surface area contributed by atoms with Crippen LogP contribution in [0.4, 0.5) is 8.78 Å². The number of alkyl halides is 2. The molecule has 1 aliphatic heterocycles. The summed E-state index contributed by atoms with van der Waals surface area (Å²) in [4.78, 5) is 13.8. The van der Waals surface area contributed by atoms with Crippen LogP contribution in [0.25, 0.3) is 6.08 Å². The van der Waals surface area contributed by atoms with E-state index in [1.165, 1.54) is 12.1 Å². The molecular formula is C14H12F2N2O2S. The molecule has 21 heavy (non-hydrogen) atoms. The van der Waals surface area contributed by atoms with Crippen LogP contribution < -0.4 is 10.1 Å². The Kier molecular flexibility index (Phi) is 3.59. The largest absolute Gasteiger partial charge is 0.435 e. The summed E-state index contributed by atoms with van der Waals surface area (Å²) in [6.07, 6.45) is 3.59. The van der Waals surface area contributed by atoms with Crippen LogP contribution in [0.15, 0.2) is 30.0 Å². The molecule has 1 aliphatic carbocycles. The number of carbonyl (C=O) groups excluding carboxylic acids is 1. The van der Waals surface area contributed by atoms with Crippen molar-refractivity contribution in [1.29, 1.82) is 0 Å². The zero-order valence-electron chi connectivity index (χ0n) is 10.9. The molecule has 1 saturated heterocycles. The molecule has 1 aromatic carbocycles. The number of nitrogens with zero attached hydrogens (tertiary/aromatic N) is 1. The summed E-state index contributed by atoms with van der Waals surface area (Å²) in [5, 5.41) is 3.31. The van der Waals surface area contributed by atoms with E-state index in [0.29, 0.717) is 16.4 Å². The van der Waals surface area contributed by atoms with Crippen LogP contribution in [0, 0.1) is 0 Å². The van der Waals surface area contributed by atoms with Gasteiger partial charge in [0.1, 0.15) is 11.4 Å². The molecule has 0 radical (unpaired) electrons. The lowest BCUT2D eigenvalue weighted by molar-refractivity contribution is -0.122. The lowest BCUT2D eigenvalue weighted by atomic mass is 10.2. The lowest BCUT2D eigenvalue weighted by Crippen LogP contribution is -2.32. The van der Waals surface area contributed by atoms with Crippen molar-refractivity contribution in [2.75, 3.05) is 0 Å². The first-order chi connectivity index (χ1) is 10.0. The van der Waals surface area contributed by atoms with Crippen molar-refractivity contribution in [2.45, 2.75) is 25.5 Å². The summed E-state index contributed by atoms with van der Waals surface area (Å²) < 4.78 is 28.4. The van der Waals surface area contributed by atoms with Gasteiger partial charge in [-0.05, 0) is 48.8 Å². The fraction of sp³-hybridized carbons (Fsp3) is 0.286. The third-order valence-electron chi connectivity index (χ3n) is 3.24. The number of thiocarbonyl (C=S) groups is 1. The number of amides is 1. The highest BCUT2D eigenvalue weighted by molar-refractivity contribution is 7.80. The Labute approximate surface area is 125 Å².